The van der Waals surface area contributed by atoms with Crippen LogP contribution in [0.4, 0.5) is 9.59 Å². The molecule has 1 atom stereocenters. The van der Waals surface area contributed by atoms with Gasteiger partial charge in [0, 0.05) is 13.0 Å². The van der Waals surface area contributed by atoms with Gasteiger partial charge in [0.1, 0.15) is 12.6 Å². The Morgan fingerprint density at radius 1 is 0.829 bits per heavy atom. The Morgan fingerprint density at radius 2 is 1.41 bits per heavy atom. The predicted molar refractivity (Wildman–Crippen MR) is 152 cm³/mol. The first-order chi connectivity index (χ1) is 19.1. The van der Waals surface area contributed by atoms with Gasteiger partial charge in [-0.1, -0.05) is 67.4 Å². The first-order valence-electron chi connectivity index (χ1n) is 13.9. The standard InChI is InChI=1S/C30H47NO10/c1-9-10-11-12-25(32)37-16-15-31-22(26(33)36-8)17-21-13-14-23(40-27(34)38-19-29(2,3)4)24(18-21)41-28(35)39-20-30(5,6)7/h13-14,18,22,31H,9-12,15-17,19-20H2,1-8H3/t22-/m0/s1. The van der Waals surface area contributed by atoms with E-state index in [1.165, 1.54) is 19.2 Å². The van der Waals surface area contributed by atoms with Crippen LogP contribution in [0.15, 0.2) is 18.2 Å². The van der Waals surface area contributed by atoms with Crippen molar-refractivity contribution < 1.29 is 47.6 Å². The molecule has 1 rings (SSSR count). The average Bonchev–Trinajstić information content (AvgIpc) is 2.88. The molecule has 41 heavy (non-hydrogen) atoms. The van der Waals surface area contributed by atoms with E-state index in [4.69, 9.17) is 28.4 Å². The topological polar surface area (TPSA) is 136 Å². The van der Waals surface area contributed by atoms with Crippen LogP contribution in [0.3, 0.4) is 0 Å². The van der Waals surface area contributed by atoms with Gasteiger partial charge in [-0.05, 0) is 41.4 Å². The Labute approximate surface area is 243 Å². The smallest absolute Gasteiger partial charge is 0.468 e. The van der Waals surface area contributed by atoms with Crippen LogP contribution < -0.4 is 14.8 Å². The summed E-state index contributed by atoms with van der Waals surface area (Å²) < 4.78 is 31.2. The molecule has 0 spiro atoms. The van der Waals surface area contributed by atoms with E-state index in [0.29, 0.717) is 12.0 Å². The van der Waals surface area contributed by atoms with Crippen LogP contribution in [0, 0.1) is 10.8 Å². The molecule has 1 aromatic carbocycles. The summed E-state index contributed by atoms with van der Waals surface area (Å²) in [5, 5.41) is 3.03. The van der Waals surface area contributed by atoms with E-state index < -0.39 is 24.3 Å². The van der Waals surface area contributed by atoms with Gasteiger partial charge in [0.2, 0.25) is 0 Å². The largest absolute Gasteiger partial charge is 0.513 e. The molecule has 0 aliphatic rings. The molecule has 0 aliphatic carbocycles. The number of nitrogens with one attached hydrogen (secondary N) is 1. The molecule has 0 bridgehead atoms. The normalized spacial score (nSPS) is 12.2. The second-order valence-corrected chi connectivity index (χ2v) is 12.1. The van der Waals surface area contributed by atoms with Crippen molar-refractivity contribution in [3.05, 3.63) is 23.8 Å². The van der Waals surface area contributed by atoms with Crippen molar-refractivity contribution in [2.45, 2.75) is 86.6 Å². The second kappa shape index (κ2) is 17.5. The molecule has 0 unspecified atom stereocenters. The summed E-state index contributed by atoms with van der Waals surface area (Å²) in [6.45, 7) is 14.0. The molecule has 0 radical (unpaired) electrons. The summed E-state index contributed by atoms with van der Waals surface area (Å²) >= 11 is 0. The fourth-order valence-electron chi connectivity index (χ4n) is 3.24. The van der Waals surface area contributed by atoms with Crippen molar-refractivity contribution in [2.75, 3.05) is 33.5 Å². The molecule has 1 N–H and O–H groups in total. The number of rotatable bonds is 15. The molecule has 0 heterocycles. The maximum absolute atomic E-state index is 12.4. The summed E-state index contributed by atoms with van der Waals surface area (Å²) in [5.74, 6) is -0.958. The highest BCUT2D eigenvalue weighted by Crippen LogP contribution is 2.30. The van der Waals surface area contributed by atoms with Crippen LogP contribution in [0.2, 0.25) is 0 Å². The zero-order valence-corrected chi connectivity index (χ0v) is 25.8. The van der Waals surface area contributed by atoms with Crippen LogP contribution in [-0.4, -0.2) is 63.8 Å². The molecule has 0 fully saturated rings. The van der Waals surface area contributed by atoms with E-state index in [9.17, 15) is 19.2 Å². The third kappa shape index (κ3) is 16.5. The summed E-state index contributed by atoms with van der Waals surface area (Å²) in [6.07, 6.45) is 1.30. The summed E-state index contributed by atoms with van der Waals surface area (Å²) in [7, 11) is 1.27. The van der Waals surface area contributed by atoms with Gasteiger partial charge in [0.15, 0.2) is 11.5 Å². The summed E-state index contributed by atoms with van der Waals surface area (Å²) in [5.41, 5.74) is 0.00103. The number of carbonyl (C=O) groups excluding carboxylic acids is 4. The van der Waals surface area contributed by atoms with E-state index in [2.05, 4.69) is 12.2 Å². The zero-order valence-electron chi connectivity index (χ0n) is 25.8. The van der Waals surface area contributed by atoms with Crippen molar-refractivity contribution in [3.8, 4) is 11.5 Å². The van der Waals surface area contributed by atoms with Gasteiger partial charge in [0.05, 0.1) is 20.3 Å². The van der Waals surface area contributed by atoms with Crippen LogP contribution in [0.25, 0.3) is 0 Å². The van der Waals surface area contributed by atoms with E-state index >= 15 is 0 Å². The summed E-state index contributed by atoms with van der Waals surface area (Å²) in [6, 6.07) is 3.73. The lowest BCUT2D eigenvalue weighted by molar-refractivity contribution is -0.144. The Kier molecular flexibility index (Phi) is 15.2. The molecule has 232 valence electrons. The van der Waals surface area contributed by atoms with Crippen molar-refractivity contribution in [3.63, 3.8) is 0 Å². The van der Waals surface area contributed by atoms with Crippen molar-refractivity contribution in [1.29, 1.82) is 0 Å². The monoisotopic (exact) mass is 581 g/mol. The molecular formula is C30H47NO10. The zero-order chi connectivity index (χ0) is 31.1. The number of unbranched alkanes of at least 4 members (excludes halogenated alkanes) is 2. The maximum Gasteiger partial charge on any atom is 0.513 e. The molecule has 11 nitrogen and oxygen atoms in total. The highest BCUT2D eigenvalue weighted by Gasteiger charge is 2.23. The van der Waals surface area contributed by atoms with Gasteiger partial charge in [0.25, 0.3) is 0 Å². The van der Waals surface area contributed by atoms with Crippen molar-refractivity contribution in [1.82, 2.24) is 5.32 Å². The Bertz CT molecular complexity index is 994. The molecule has 0 amide bonds. The molecule has 11 heteroatoms. The Balaban J connectivity index is 2.99. The molecule has 0 aliphatic heterocycles. The number of hydrogen-bond acceptors (Lipinski definition) is 11. The Hall–Kier alpha value is -3.34. The van der Waals surface area contributed by atoms with Gasteiger partial charge in [-0.25, -0.2) is 9.59 Å². The highest BCUT2D eigenvalue weighted by molar-refractivity contribution is 5.76. The minimum atomic E-state index is -0.978. The van der Waals surface area contributed by atoms with Crippen LogP contribution in [0.1, 0.15) is 79.7 Å². The third-order valence-corrected chi connectivity index (χ3v) is 5.31. The van der Waals surface area contributed by atoms with Gasteiger partial charge in [-0.2, -0.15) is 0 Å². The average molecular weight is 582 g/mol. The predicted octanol–water partition coefficient (Wildman–Crippen LogP) is 5.61. The molecular weight excluding hydrogens is 534 g/mol. The van der Waals surface area contributed by atoms with Crippen LogP contribution >= 0.6 is 0 Å². The van der Waals surface area contributed by atoms with Gasteiger partial charge >= 0.3 is 24.2 Å². The highest BCUT2D eigenvalue weighted by atomic mass is 16.7. The third-order valence-electron chi connectivity index (χ3n) is 5.31. The van der Waals surface area contributed by atoms with Gasteiger partial charge in [-0.3, -0.25) is 9.59 Å². The number of esters is 2. The SMILES string of the molecule is CCCCCC(=O)OCCN[C@@H](Cc1ccc(OC(=O)OCC(C)(C)C)c(OC(=O)OCC(C)(C)C)c1)C(=O)OC. The second-order valence-electron chi connectivity index (χ2n) is 12.1. The Morgan fingerprint density at radius 3 is 1.95 bits per heavy atom. The van der Waals surface area contributed by atoms with Crippen LogP contribution in [-0.2, 0) is 35.0 Å². The first kappa shape index (κ1) is 35.7. The molecule has 0 aromatic heterocycles. The number of ether oxygens (including phenoxy) is 6. The van der Waals surface area contributed by atoms with E-state index in [0.717, 1.165) is 19.3 Å². The number of carbonyl (C=O) groups is 4. The fraction of sp³-hybridized carbons (Fsp3) is 0.667. The molecule has 1 aromatic rings. The first-order valence-corrected chi connectivity index (χ1v) is 13.9. The maximum atomic E-state index is 12.4. The minimum absolute atomic E-state index is 0.0575. The van der Waals surface area contributed by atoms with E-state index in [1.807, 2.05) is 41.5 Å². The van der Waals surface area contributed by atoms with E-state index in [-0.39, 0.29) is 61.1 Å². The lowest BCUT2D eigenvalue weighted by Crippen LogP contribution is -2.41. The van der Waals surface area contributed by atoms with Crippen LogP contribution in [0.5, 0.6) is 11.5 Å². The number of hydrogen-bond donors (Lipinski definition) is 1. The minimum Gasteiger partial charge on any atom is -0.468 e. The van der Waals surface area contributed by atoms with Crippen molar-refractivity contribution >= 4 is 24.2 Å². The fourth-order valence-corrected chi connectivity index (χ4v) is 3.24. The molecule has 0 saturated carbocycles. The molecule has 0 saturated heterocycles. The van der Waals surface area contributed by atoms with Gasteiger partial charge < -0.3 is 33.7 Å². The number of methoxy groups -OCH3 is 1. The summed E-state index contributed by atoms with van der Waals surface area (Å²) in [4.78, 5) is 49.0. The number of benzene rings is 1. The lowest BCUT2D eigenvalue weighted by atomic mass is 9.99. The van der Waals surface area contributed by atoms with E-state index in [1.54, 1.807) is 6.07 Å². The van der Waals surface area contributed by atoms with Crippen molar-refractivity contribution in [2.24, 2.45) is 10.8 Å². The lowest BCUT2D eigenvalue weighted by Gasteiger charge is -2.20. The quantitative estimate of drug-likeness (QED) is 0.120. The van der Waals surface area contributed by atoms with Gasteiger partial charge in [-0.15, -0.1) is 0 Å².